The highest BCUT2D eigenvalue weighted by Crippen LogP contribution is 2.30. The highest BCUT2D eigenvalue weighted by molar-refractivity contribution is 5.28. The second-order valence-corrected chi connectivity index (χ2v) is 6.93. The zero-order chi connectivity index (χ0) is 13.9. The average Bonchev–Trinajstić information content (AvgIpc) is 3.02. The molecular formula is C18H28N2. The van der Waals surface area contributed by atoms with Crippen LogP contribution in [0.25, 0.3) is 0 Å². The summed E-state index contributed by atoms with van der Waals surface area (Å²) in [6.07, 6.45) is 5.60. The van der Waals surface area contributed by atoms with Crippen LogP contribution in [0.3, 0.4) is 0 Å². The van der Waals surface area contributed by atoms with Crippen LogP contribution in [0, 0.1) is 19.8 Å². The molecule has 1 saturated heterocycles. The van der Waals surface area contributed by atoms with Gasteiger partial charge >= 0.3 is 0 Å². The molecule has 0 amide bonds. The highest BCUT2D eigenvalue weighted by Gasteiger charge is 2.26. The largest absolute Gasteiger partial charge is 0.313 e. The molecule has 0 aromatic heterocycles. The molecule has 2 heteroatoms. The van der Waals surface area contributed by atoms with Crippen LogP contribution in [-0.4, -0.2) is 30.6 Å². The van der Waals surface area contributed by atoms with Crippen molar-refractivity contribution in [1.82, 2.24) is 10.2 Å². The molecule has 0 bridgehead atoms. The van der Waals surface area contributed by atoms with Gasteiger partial charge in [0.15, 0.2) is 0 Å². The Morgan fingerprint density at radius 2 is 1.80 bits per heavy atom. The standard InChI is InChI=1S/C18H28N2/c1-14-8-15(2)10-17(9-14)12-20(11-16-5-6-16)13-18-4-3-7-19-18/h8-10,16,18-19H,3-7,11-13H2,1-2H3. The first-order valence-electron chi connectivity index (χ1n) is 8.22. The van der Waals surface area contributed by atoms with E-state index < -0.39 is 0 Å². The van der Waals surface area contributed by atoms with Crippen molar-refractivity contribution in [2.24, 2.45) is 5.92 Å². The predicted molar refractivity (Wildman–Crippen MR) is 84.9 cm³/mol. The van der Waals surface area contributed by atoms with Crippen LogP contribution in [0.5, 0.6) is 0 Å². The van der Waals surface area contributed by atoms with E-state index in [1.54, 1.807) is 0 Å². The second kappa shape index (κ2) is 6.28. The molecule has 1 aromatic rings. The third-order valence-electron chi connectivity index (χ3n) is 4.54. The number of hydrogen-bond acceptors (Lipinski definition) is 2. The van der Waals surface area contributed by atoms with E-state index in [0.717, 1.165) is 18.5 Å². The summed E-state index contributed by atoms with van der Waals surface area (Å²) >= 11 is 0. The maximum absolute atomic E-state index is 3.65. The molecule has 1 aromatic carbocycles. The summed E-state index contributed by atoms with van der Waals surface area (Å²) in [7, 11) is 0. The number of nitrogens with one attached hydrogen (secondary N) is 1. The van der Waals surface area contributed by atoms with Gasteiger partial charge in [-0.1, -0.05) is 29.3 Å². The van der Waals surface area contributed by atoms with Gasteiger partial charge in [-0.25, -0.2) is 0 Å². The Bertz CT molecular complexity index is 424. The molecular weight excluding hydrogens is 244 g/mol. The lowest BCUT2D eigenvalue weighted by atomic mass is 10.1. The highest BCUT2D eigenvalue weighted by atomic mass is 15.2. The van der Waals surface area contributed by atoms with Gasteiger partial charge in [-0.15, -0.1) is 0 Å². The smallest absolute Gasteiger partial charge is 0.0234 e. The molecule has 1 heterocycles. The Morgan fingerprint density at radius 1 is 1.05 bits per heavy atom. The van der Waals surface area contributed by atoms with E-state index in [1.165, 1.54) is 62.0 Å². The zero-order valence-electron chi connectivity index (χ0n) is 13.0. The van der Waals surface area contributed by atoms with Gasteiger partial charge in [0.1, 0.15) is 0 Å². The van der Waals surface area contributed by atoms with Gasteiger partial charge in [0.2, 0.25) is 0 Å². The average molecular weight is 272 g/mol. The molecule has 1 aliphatic heterocycles. The normalized spacial score (nSPS) is 22.6. The van der Waals surface area contributed by atoms with Crippen LogP contribution in [0.15, 0.2) is 18.2 Å². The van der Waals surface area contributed by atoms with Gasteiger partial charge in [0.05, 0.1) is 0 Å². The van der Waals surface area contributed by atoms with Gasteiger partial charge in [-0.3, -0.25) is 4.90 Å². The summed E-state index contributed by atoms with van der Waals surface area (Å²) in [5.74, 6) is 0.974. The van der Waals surface area contributed by atoms with Crippen LogP contribution < -0.4 is 5.32 Å². The van der Waals surface area contributed by atoms with E-state index in [4.69, 9.17) is 0 Å². The maximum atomic E-state index is 3.65. The van der Waals surface area contributed by atoms with Crippen molar-refractivity contribution in [2.45, 2.75) is 52.1 Å². The first kappa shape index (κ1) is 14.1. The Morgan fingerprint density at radius 3 is 2.40 bits per heavy atom. The first-order chi connectivity index (χ1) is 9.69. The molecule has 1 unspecified atom stereocenters. The van der Waals surface area contributed by atoms with E-state index in [0.29, 0.717) is 0 Å². The van der Waals surface area contributed by atoms with Crippen molar-refractivity contribution in [3.8, 4) is 0 Å². The third-order valence-corrected chi connectivity index (χ3v) is 4.54. The number of hydrogen-bond donors (Lipinski definition) is 1. The fourth-order valence-corrected chi connectivity index (χ4v) is 3.51. The van der Waals surface area contributed by atoms with E-state index in [-0.39, 0.29) is 0 Å². The fraction of sp³-hybridized carbons (Fsp3) is 0.667. The summed E-state index contributed by atoms with van der Waals surface area (Å²) in [6.45, 7) is 9.28. The molecule has 0 spiro atoms. The molecule has 1 saturated carbocycles. The lowest BCUT2D eigenvalue weighted by Crippen LogP contribution is -2.38. The summed E-state index contributed by atoms with van der Waals surface area (Å²) in [5.41, 5.74) is 4.27. The Kier molecular flexibility index (Phi) is 4.42. The Labute approximate surface area is 123 Å². The molecule has 1 atom stereocenters. The van der Waals surface area contributed by atoms with Gasteiger partial charge in [-0.2, -0.15) is 0 Å². The molecule has 110 valence electrons. The number of rotatable bonds is 6. The van der Waals surface area contributed by atoms with E-state index in [1.807, 2.05) is 0 Å². The Hall–Kier alpha value is -0.860. The van der Waals surface area contributed by atoms with Crippen molar-refractivity contribution in [1.29, 1.82) is 0 Å². The molecule has 1 aliphatic carbocycles. The summed E-state index contributed by atoms with van der Waals surface area (Å²) in [6, 6.07) is 7.71. The minimum atomic E-state index is 0.722. The van der Waals surface area contributed by atoms with Gasteiger partial charge in [0.25, 0.3) is 0 Å². The molecule has 1 N–H and O–H groups in total. The van der Waals surface area contributed by atoms with E-state index in [2.05, 4.69) is 42.3 Å². The van der Waals surface area contributed by atoms with Crippen LogP contribution in [0.4, 0.5) is 0 Å². The van der Waals surface area contributed by atoms with E-state index in [9.17, 15) is 0 Å². The molecule has 2 fully saturated rings. The topological polar surface area (TPSA) is 15.3 Å². The summed E-state index contributed by atoms with van der Waals surface area (Å²) in [4.78, 5) is 2.69. The van der Waals surface area contributed by atoms with Crippen LogP contribution in [0.1, 0.15) is 42.4 Å². The van der Waals surface area contributed by atoms with Crippen molar-refractivity contribution >= 4 is 0 Å². The van der Waals surface area contributed by atoms with Crippen molar-refractivity contribution < 1.29 is 0 Å². The SMILES string of the molecule is Cc1cc(C)cc(CN(CC2CC2)CC2CCCN2)c1. The third kappa shape index (κ3) is 4.07. The maximum Gasteiger partial charge on any atom is 0.0234 e. The van der Waals surface area contributed by atoms with Crippen molar-refractivity contribution in [3.05, 3.63) is 34.9 Å². The van der Waals surface area contributed by atoms with Gasteiger partial charge < -0.3 is 5.32 Å². The molecule has 3 rings (SSSR count). The fourth-order valence-electron chi connectivity index (χ4n) is 3.51. The number of nitrogens with zero attached hydrogens (tertiary/aromatic N) is 1. The quantitative estimate of drug-likeness (QED) is 0.855. The molecule has 2 nitrogen and oxygen atoms in total. The number of aryl methyl sites for hydroxylation is 2. The zero-order valence-corrected chi connectivity index (χ0v) is 13.0. The van der Waals surface area contributed by atoms with Crippen LogP contribution in [-0.2, 0) is 6.54 Å². The molecule has 2 aliphatic rings. The first-order valence-corrected chi connectivity index (χ1v) is 8.22. The minimum absolute atomic E-state index is 0.722. The molecule has 0 radical (unpaired) electrons. The minimum Gasteiger partial charge on any atom is -0.313 e. The summed E-state index contributed by atoms with van der Waals surface area (Å²) in [5, 5.41) is 3.65. The van der Waals surface area contributed by atoms with Gasteiger partial charge in [-0.05, 0) is 57.6 Å². The van der Waals surface area contributed by atoms with Crippen LogP contribution in [0.2, 0.25) is 0 Å². The Balaban J connectivity index is 1.64. The lowest BCUT2D eigenvalue weighted by molar-refractivity contribution is 0.232. The lowest BCUT2D eigenvalue weighted by Gasteiger charge is -2.26. The second-order valence-electron chi connectivity index (χ2n) is 6.93. The summed E-state index contributed by atoms with van der Waals surface area (Å²) < 4.78 is 0. The van der Waals surface area contributed by atoms with E-state index >= 15 is 0 Å². The van der Waals surface area contributed by atoms with Crippen molar-refractivity contribution in [3.63, 3.8) is 0 Å². The predicted octanol–water partition coefficient (Wildman–Crippen LogP) is 3.27. The molecule has 20 heavy (non-hydrogen) atoms. The van der Waals surface area contributed by atoms with Crippen LogP contribution >= 0.6 is 0 Å². The number of benzene rings is 1. The van der Waals surface area contributed by atoms with Gasteiger partial charge in [0, 0.05) is 25.7 Å². The monoisotopic (exact) mass is 272 g/mol. The van der Waals surface area contributed by atoms with Crippen molar-refractivity contribution in [2.75, 3.05) is 19.6 Å².